The van der Waals surface area contributed by atoms with Gasteiger partial charge in [0.1, 0.15) is 17.1 Å². The minimum atomic E-state index is -0.917. The lowest BCUT2D eigenvalue weighted by Gasteiger charge is -2.08. The number of carbonyl (C=O) groups excluding carboxylic acids is 2. The fourth-order valence-electron chi connectivity index (χ4n) is 2.38. The quantitative estimate of drug-likeness (QED) is 0.312. The van der Waals surface area contributed by atoms with Crippen molar-refractivity contribution >= 4 is 34.4 Å². The number of esters is 1. The summed E-state index contributed by atoms with van der Waals surface area (Å²) < 4.78 is 14.9. The van der Waals surface area contributed by atoms with Crippen LogP contribution in [0.1, 0.15) is 23.0 Å². The molecule has 3 rings (SSSR count). The van der Waals surface area contributed by atoms with Gasteiger partial charge in [0.25, 0.3) is 0 Å². The fourth-order valence-corrected chi connectivity index (χ4v) is 2.38. The summed E-state index contributed by atoms with van der Waals surface area (Å²) in [7, 11) is 0. The topological polar surface area (TPSA) is 142 Å². The lowest BCUT2D eigenvalue weighted by molar-refractivity contribution is -0.402. The van der Waals surface area contributed by atoms with Crippen LogP contribution >= 0.6 is 0 Å². The Balaban J connectivity index is 1.83. The second-order valence-corrected chi connectivity index (χ2v) is 5.45. The molecule has 3 aromatic rings. The van der Waals surface area contributed by atoms with Crippen LogP contribution in [0.2, 0.25) is 0 Å². The molecule has 0 aliphatic rings. The maximum absolute atomic E-state index is 12.0. The summed E-state index contributed by atoms with van der Waals surface area (Å²) >= 11 is 0. The molecule has 2 heterocycles. The van der Waals surface area contributed by atoms with Gasteiger partial charge >= 0.3 is 17.5 Å². The summed E-state index contributed by atoms with van der Waals surface area (Å²) in [4.78, 5) is 44.6. The molecule has 138 valence electrons. The Bertz CT molecular complexity index is 1110. The summed E-state index contributed by atoms with van der Waals surface area (Å²) in [6.07, 6.45) is 0. The van der Waals surface area contributed by atoms with Crippen LogP contribution < -0.4 is 10.9 Å². The first-order chi connectivity index (χ1) is 12.8. The number of carbonyl (C=O) groups is 2. The van der Waals surface area contributed by atoms with Crippen molar-refractivity contribution in [2.45, 2.75) is 13.5 Å². The minimum absolute atomic E-state index is 0.202. The highest BCUT2D eigenvalue weighted by Crippen LogP contribution is 2.23. The van der Waals surface area contributed by atoms with E-state index in [0.29, 0.717) is 16.6 Å². The number of hydrogen-bond acceptors (Lipinski definition) is 8. The molecule has 1 amide bonds. The van der Waals surface area contributed by atoms with Crippen LogP contribution in [0.25, 0.3) is 11.0 Å². The number of benzene rings is 1. The Kier molecular flexibility index (Phi) is 4.71. The van der Waals surface area contributed by atoms with Crippen LogP contribution in [0, 0.1) is 10.1 Å². The van der Waals surface area contributed by atoms with Gasteiger partial charge in [0.05, 0.1) is 6.07 Å². The molecule has 1 aromatic carbocycles. The molecule has 0 radical (unpaired) electrons. The predicted molar refractivity (Wildman–Crippen MR) is 91.3 cm³/mol. The van der Waals surface area contributed by atoms with Crippen LogP contribution in [-0.2, 0) is 16.1 Å². The maximum Gasteiger partial charge on any atom is 0.433 e. The molecule has 0 atom stereocenters. The van der Waals surface area contributed by atoms with Gasteiger partial charge in [-0.15, -0.1) is 0 Å². The Labute approximate surface area is 150 Å². The lowest BCUT2D eigenvalue weighted by atomic mass is 10.1. The van der Waals surface area contributed by atoms with Crippen molar-refractivity contribution in [1.82, 2.24) is 0 Å². The van der Waals surface area contributed by atoms with Crippen LogP contribution in [0.5, 0.6) is 0 Å². The number of amides is 1. The van der Waals surface area contributed by atoms with Gasteiger partial charge in [-0.05, 0) is 18.2 Å². The smallest absolute Gasteiger partial charge is 0.433 e. The average Bonchev–Trinajstić information content (AvgIpc) is 3.09. The molecule has 0 fully saturated rings. The molecule has 0 aliphatic carbocycles. The zero-order valence-electron chi connectivity index (χ0n) is 13.9. The normalized spacial score (nSPS) is 10.6. The van der Waals surface area contributed by atoms with E-state index in [1.165, 1.54) is 13.0 Å². The molecule has 1 N–H and O–H groups in total. The predicted octanol–water partition coefficient (Wildman–Crippen LogP) is 2.61. The first-order valence-corrected chi connectivity index (χ1v) is 7.59. The standard InChI is InChI=1S/C17H12N2O8/c1-9(20)18-11-2-3-12-10(6-16(21)27-14(12)7-11)8-25-17(22)13-4-5-15(26-13)19(23)24/h2-7H,8H2,1H3,(H,18,20). The van der Waals surface area contributed by atoms with Gasteiger partial charge in [-0.2, -0.15) is 0 Å². The van der Waals surface area contributed by atoms with E-state index in [0.717, 1.165) is 18.2 Å². The van der Waals surface area contributed by atoms with Gasteiger partial charge in [-0.3, -0.25) is 14.9 Å². The average molecular weight is 372 g/mol. The second kappa shape index (κ2) is 7.12. The molecular formula is C17H12N2O8. The highest BCUT2D eigenvalue weighted by molar-refractivity contribution is 5.92. The van der Waals surface area contributed by atoms with Crippen LogP contribution in [-0.4, -0.2) is 16.8 Å². The molecule has 0 bridgehead atoms. The Morgan fingerprint density at radius 1 is 1.19 bits per heavy atom. The Hall–Kier alpha value is -3.95. The van der Waals surface area contributed by atoms with Gasteiger partial charge in [-0.1, -0.05) is 0 Å². The van der Waals surface area contributed by atoms with Crippen molar-refractivity contribution in [3.8, 4) is 0 Å². The van der Waals surface area contributed by atoms with Gasteiger partial charge in [0.15, 0.2) is 0 Å². The third-order valence-electron chi connectivity index (χ3n) is 3.48. The van der Waals surface area contributed by atoms with Gasteiger partial charge in [0.2, 0.25) is 11.7 Å². The largest absolute Gasteiger partial charge is 0.455 e. The Morgan fingerprint density at radius 3 is 2.63 bits per heavy atom. The third kappa shape index (κ3) is 4.00. The van der Waals surface area contributed by atoms with Crippen LogP contribution in [0.4, 0.5) is 11.6 Å². The van der Waals surface area contributed by atoms with Gasteiger partial charge < -0.3 is 18.9 Å². The van der Waals surface area contributed by atoms with Gasteiger partial charge in [-0.25, -0.2) is 9.59 Å². The van der Waals surface area contributed by atoms with E-state index in [9.17, 15) is 24.5 Å². The first-order valence-electron chi connectivity index (χ1n) is 7.59. The number of fused-ring (bicyclic) bond motifs is 1. The molecule has 2 aromatic heterocycles. The van der Waals surface area contributed by atoms with E-state index in [1.54, 1.807) is 12.1 Å². The summed E-state index contributed by atoms with van der Waals surface area (Å²) in [5, 5.41) is 13.6. The van der Waals surface area contributed by atoms with E-state index in [1.807, 2.05) is 0 Å². The molecular weight excluding hydrogens is 360 g/mol. The van der Waals surface area contributed by atoms with E-state index >= 15 is 0 Å². The number of nitro groups is 1. The zero-order chi connectivity index (χ0) is 19.6. The lowest BCUT2D eigenvalue weighted by Crippen LogP contribution is -2.08. The molecule has 0 saturated heterocycles. The summed E-state index contributed by atoms with van der Waals surface area (Å²) in [5.41, 5.74) is 0.343. The van der Waals surface area contributed by atoms with Crippen LogP contribution in [0.15, 0.2) is 50.0 Å². The van der Waals surface area contributed by atoms with Crippen molar-refractivity contribution in [2.75, 3.05) is 5.32 Å². The van der Waals surface area contributed by atoms with E-state index in [2.05, 4.69) is 5.32 Å². The zero-order valence-corrected chi connectivity index (χ0v) is 13.9. The van der Waals surface area contributed by atoms with Crippen molar-refractivity contribution in [3.05, 3.63) is 68.3 Å². The van der Waals surface area contributed by atoms with Gasteiger partial charge in [0, 0.05) is 35.7 Å². The highest BCUT2D eigenvalue weighted by atomic mass is 16.7. The first kappa shape index (κ1) is 17.9. The monoisotopic (exact) mass is 372 g/mol. The van der Waals surface area contributed by atoms with E-state index < -0.39 is 22.4 Å². The summed E-state index contributed by atoms with van der Waals surface area (Å²) in [6.45, 7) is 1.06. The minimum Gasteiger partial charge on any atom is -0.455 e. The number of nitrogens with one attached hydrogen (secondary N) is 1. The number of hydrogen-bond donors (Lipinski definition) is 1. The molecule has 0 spiro atoms. The summed E-state index contributed by atoms with van der Waals surface area (Å²) in [6, 6.07) is 8.00. The number of rotatable bonds is 5. The number of anilines is 1. The molecule has 0 aliphatic heterocycles. The maximum atomic E-state index is 12.0. The van der Waals surface area contributed by atoms with Crippen molar-refractivity contribution in [3.63, 3.8) is 0 Å². The van der Waals surface area contributed by atoms with Crippen molar-refractivity contribution in [2.24, 2.45) is 0 Å². The SMILES string of the molecule is CC(=O)Nc1ccc2c(COC(=O)c3ccc([N+](=O)[O-])o3)cc(=O)oc2c1. The Morgan fingerprint density at radius 2 is 1.96 bits per heavy atom. The molecule has 0 saturated carbocycles. The third-order valence-corrected chi connectivity index (χ3v) is 3.48. The van der Waals surface area contributed by atoms with Crippen molar-refractivity contribution in [1.29, 1.82) is 0 Å². The van der Waals surface area contributed by atoms with Crippen LogP contribution in [0.3, 0.4) is 0 Å². The number of nitrogens with zero attached hydrogens (tertiary/aromatic N) is 1. The highest BCUT2D eigenvalue weighted by Gasteiger charge is 2.19. The molecule has 27 heavy (non-hydrogen) atoms. The molecule has 10 nitrogen and oxygen atoms in total. The number of ether oxygens (including phenoxy) is 1. The second-order valence-electron chi connectivity index (χ2n) is 5.45. The summed E-state index contributed by atoms with van der Waals surface area (Å²) in [5.74, 6) is -2.12. The fraction of sp³-hybridized carbons (Fsp3) is 0.118. The van der Waals surface area contributed by atoms with E-state index in [-0.39, 0.29) is 23.9 Å². The van der Waals surface area contributed by atoms with E-state index in [4.69, 9.17) is 13.6 Å². The number of furan rings is 1. The molecule has 0 unspecified atom stereocenters. The molecule has 10 heteroatoms. The van der Waals surface area contributed by atoms with Crippen molar-refractivity contribution < 1.29 is 28.1 Å².